The van der Waals surface area contributed by atoms with Crippen molar-refractivity contribution in [2.24, 2.45) is 5.92 Å². The van der Waals surface area contributed by atoms with Crippen molar-refractivity contribution < 1.29 is 9.90 Å². The maximum absolute atomic E-state index is 11.9. The Kier molecular flexibility index (Phi) is 3.20. The summed E-state index contributed by atoms with van der Waals surface area (Å²) in [5.41, 5.74) is 0.0780. The third-order valence-electron chi connectivity index (χ3n) is 3.74. The molecule has 0 spiro atoms. The minimum absolute atomic E-state index is 0.00344. The fraction of sp³-hybridized carbons (Fsp3) is 0.500. The average Bonchev–Trinajstić information content (AvgIpc) is 2.55. The Hall–Kier alpha value is -1.35. The Labute approximate surface area is 102 Å². The van der Waals surface area contributed by atoms with Gasteiger partial charge in [-0.15, -0.1) is 0 Å². The van der Waals surface area contributed by atoms with E-state index < -0.39 is 5.72 Å². The molecular formula is C14H19NO2. The quantitative estimate of drug-likeness (QED) is 0.869. The average molecular weight is 233 g/mol. The maximum Gasteiger partial charge on any atom is 0.225 e. The number of carbonyl (C=O) groups excluding carboxylic acids is 1. The number of likely N-dealkylation sites (tertiary alicyclic amines) is 1. The van der Waals surface area contributed by atoms with Crippen LogP contribution in [0.15, 0.2) is 30.3 Å². The number of hydrogen-bond acceptors (Lipinski definition) is 2. The van der Waals surface area contributed by atoms with E-state index in [9.17, 15) is 9.90 Å². The minimum Gasteiger partial charge on any atom is -0.370 e. The van der Waals surface area contributed by atoms with E-state index in [1.165, 1.54) is 0 Å². The summed E-state index contributed by atoms with van der Waals surface area (Å²) in [6.45, 7) is 4.36. The second-order valence-corrected chi connectivity index (χ2v) is 4.80. The first-order valence-corrected chi connectivity index (χ1v) is 6.14. The highest BCUT2D eigenvalue weighted by molar-refractivity contribution is 5.79. The van der Waals surface area contributed by atoms with Crippen LogP contribution in [0.4, 0.5) is 0 Å². The molecule has 17 heavy (non-hydrogen) atoms. The SMILES string of the molecule is CCC1(O)C(C)CC(=O)N1Cc1ccccc1. The molecule has 92 valence electrons. The van der Waals surface area contributed by atoms with Gasteiger partial charge in [-0.05, 0) is 12.0 Å². The van der Waals surface area contributed by atoms with Crippen LogP contribution in [0.2, 0.25) is 0 Å². The van der Waals surface area contributed by atoms with Gasteiger partial charge in [0.1, 0.15) is 5.72 Å². The summed E-state index contributed by atoms with van der Waals surface area (Å²) < 4.78 is 0. The summed E-state index contributed by atoms with van der Waals surface area (Å²) in [4.78, 5) is 13.5. The smallest absolute Gasteiger partial charge is 0.225 e. The molecule has 2 rings (SSSR count). The van der Waals surface area contributed by atoms with Crippen molar-refractivity contribution in [2.45, 2.75) is 39.0 Å². The van der Waals surface area contributed by atoms with Crippen LogP contribution in [0.25, 0.3) is 0 Å². The molecule has 1 N–H and O–H groups in total. The number of rotatable bonds is 3. The van der Waals surface area contributed by atoms with E-state index in [0.717, 1.165) is 5.56 Å². The van der Waals surface area contributed by atoms with Crippen LogP contribution in [-0.4, -0.2) is 21.6 Å². The zero-order chi connectivity index (χ0) is 12.5. The number of hydrogen-bond donors (Lipinski definition) is 1. The van der Waals surface area contributed by atoms with Crippen LogP contribution < -0.4 is 0 Å². The van der Waals surface area contributed by atoms with Crippen molar-refractivity contribution in [1.29, 1.82) is 0 Å². The van der Waals surface area contributed by atoms with Gasteiger partial charge in [-0.1, -0.05) is 44.2 Å². The van der Waals surface area contributed by atoms with Crippen LogP contribution in [0.5, 0.6) is 0 Å². The van der Waals surface area contributed by atoms with E-state index in [-0.39, 0.29) is 11.8 Å². The van der Waals surface area contributed by atoms with Crippen LogP contribution in [-0.2, 0) is 11.3 Å². The minimum atomic E-state index is -0.979. The van der Waals surface area contributed by atoms with Crippen LogP contribution >= 0.6 is 0 Å². The Balaban J connectivity index is 2.22. The molecule has 1 fully saturated rings. The monoisotopic (exact) mass is 233 g/mol. The van der Waals surface area contributed by atoms with Gasteiger partial charge in [0.05, 0.1) is 0 Å². The van der Waals surface area contributed by atoms with E-state index in [2.05, 4.69) is 0 Å². The summed E-state index contributed by atoms with van der Waals surface area (Å²) in [5.74, 6) is 0.0504. The first-order valence-electron chi connectivity index (χ1n) is 6.14. The molecule has 2 atom stereocenters. The molecule has 0 radical (unpaired) electrons. The van der Waals surface area contributed by atoms with Gasteiger partial charge in [0.15, 0.2) is 0 Å². The van der Waals surface area contributed by atoms with E-state index in [1.807, 2.05) is 44.2 Å². The lowest BCUT2D eigenvalue weighted by molar-refractivity contribution is -0.152. The van der Waals surface area contributed by atoms with E-state index in [1.54, 1.807) is 4.90 Å². The summed E-state index contributed by atoms with van der Waals surface area (Å²) in [7, 11) is 0. The van der Waals surface area contributed by atoms with E-state index >= 15 is 0 Å². The third-order valence-corrected chi connectivity index (χ3v) is 3.74. The Bertz CT molecular complexity index is 404. The zero-order valence-electron chi connectivity index (χ0n) is 10.4. The normalized spacial score (nSPS) is 28.8. The number of benzene rings is 1. The first-order chi connectivity index (χ1) is 8.08. The highest BCUT2D eigenvalue weighted by atomic mass is 16.3. The van der Waals surface area contributed by atoms with Crippen molar-refractivity contribution in [3.63, 3.8) is 0 Å². The lowest BCUT2D eigenvalue weighted by atomic mass is 9.96. The molecule has 3 nitrogen and oxygen atoms in total. The maximum atomic E-state index is 11.9. The van der Waals surface area contributed by atoms with Crippen LogP contribution in [0.3, 0.4) is 0 Å². The number of carbonyl (C=O) groups is 1. The standard InChI is InChI=1S/C14H19NO2/c1-3-14(17)11(2)9-13(16)15(14)10-12-7-5-4-6-8-12/h4-8,11,17H,3,9-10H2,1-2H3. The Morgan fingerprint density at radius 2 is 2.06 bits per heavy atom. The van der Waals surface area contributed by atoms with Gasteiger partial charge < -0.3 is 10.0 Å². The first kappa shape index (κ1) is 12.1. The number of nitrogens with zero attached hydrogens (tertiary/aromatic N) is 1. The van der Waals surface area contributed by atoms with E-state index in [4.69, 9.17) is 0 Å². The second kappa shape index (κ2) is 4.49. The van der Waals surface area contributed by atoms with Gasteiger partial charge in [0, 0.05) is 18.9 Å². The van der Waals surface area contributed by atoms with Crippen LogP contribution in [0.1, 0.15) is 32.3 Å². The molecule has 2 unspecified atom stereocenters. The molecule has 1 aliphatic rings. The largest absolute Gasteiger partial charge is 0.370 e. The highest BCUT2D eigenvalue weighted by Crippen LogP contribution is 2.37. The zero-order valence-corrected chi connectivity index (χ0v) is 10.4. The molecule has 1 aliphatic heterocycles. The summed E-state index contributed by atoms with van der Waals surface area (Å²) in [6.07, 6.45) is 1.02. The third kappa shape index (κ3) is 2.07. The Morgan fingerprint density at radius 3 is 2.65 bits per heavy atom. The van der Waals surface area contributed by atoms with Crippen molar-refractivity contribution in [3.05, 3.63) is 35.9 Å². The molecular weight excluding hydrogens is 214 g/mol. The topological polar surface area (TPSA) is 40.5 Å². The number of aliphatic hydroxyl groups is 1. The Morgan fingerprint density at radius 1 is 1.41 bits per heavy atom. The summed E-state index contributed by atoms with van der Waals surface area (Å²) in [6, 6.07) is 9.80. The van der Waals surface area contributed by atoms with Crippen molar-refractivity contribution in [2.75, 3.05) is 0 Å². The van der Waals surface area contributed by atoms with Gasteiger partial charge in [0.2, 0.25) is 5.91 Å². The van der Waals surface area contributed by atoms with Gasteiger partial charge in [-0.3, -0.25) is 4.79 Å². The predicted molar refractivity (Wildman–Crippen MR) is 66.0 cm³/mol. The molecule has 3 heteroatoms. The molecule has 1 saturated heterocycles. The summed E-state index contributed by atoms with van der Waals surface area (Å²) in [5, 5.41) is 10.6. The lowest BCUT2D eigenvalue weighted by Gasteiger charge is -2.35. The fourth-order valence-corrected chi connectivity index (χ4v) is 2.55. The van der Waals surface area contributed by atoms with E-state index in [0.29, 0.717) is 19.4 Å². The lowest BCUT2D eigenvalue weighted by Crippen LogP contribution is -2.47. The van der Waals surface area contributed by atoms with Crippen LogP contribution in [0, 0.1) is 5.92 Å². The molecule has 0 aliphatic carbocycles. The molecule has 1 heterocycles. The fourth-order valence-electron chi connectivity index (χ4n) is 2.55. The van der Waals surface area contributed by atoms with Gasteiger partial charge in [0.25, 0.3) is 0 Å². The predicted octanol–water partition coefficient (Wildman–Crippen LogP) is 2.15. The molecule has 0 aromatic heterocycles. The molecule has 0 bridgehead atoms. The van der Waals surface area contributed by atoms with Gasteiger partial charge in [-0.25, -0.2) is 0 Å². The van der Waals surface area contributed by atoms with Gasteiger partial charge in [-0.2, -0.15) is 0 Å². The molecule has 0 saturated carbocycles. The molecule has 1 aromatic carbocycles. The summed E-state index contributed by atoms with van der Waals surface area (Å²) >= 11 is 0. The van der Waals surface area contributed by atoms with Gasteiger partial charge >= 0.3 is 0 Å². The number of amides is 1. The molecule has 1 aromatic rings. The van der Waals surface area contributed by atoms with Crippen molar-refractivity contribution in [1.82, 2.24) is 4.90 Å². The van der Waals surface area contributed by atoms with Crippen molar-refractivity contribution >= 4 is 5.91 Å². The molecule has 1 amide bonds. The second-order valence-electron chi connectivity index (χ2n) is 4.80. The van der Waals surface area contributed by atoms with Crippen molar-refractivity contribution in [3.8, 4) is 0 Å². The highest BCUT2D eigenvalue weighted by Gasteiger charge is 2.47.